The third kappa shape index (κ3) is 4.50. The number of rotatable bonds is 5. The van der Waals surface area contributed by atoms with Gasteiger partial charge in [0.05, 0.1) is 31.4 Å². The Morgan fingerprint density at radius 1 is 1.15 bits per heavy atom. The van der Waals surface area contributed by atoms with Gasteiger partial charge in [0.1, 0.15) is 0 Å². The first kappa shape index (κ1) is 19.8. The first-order valence-corrected chi connectivity index (χ1v) is 9.71. The number of benzene rings is 1. The molecule has 6 heteroatoms. The molecule has 2 heterocycles. The van der Waals surface area contributed by atoms with Crippen LogP contribution in [0.4, 0.5) is 0 Å². The molecular formula is C21H30N2O4. The molecule has 0 radical (unpaired) electrons. The number of carbonyl (C=O) groups excluding carboxylic acids is 2. The molecule has 148 valence electrons. The summed E-state index contributed by atoms with van der Waals surface area (Å²) in [4.78, 5) is 28.9. The van der Waals surface area contributed by atoms with E-state index in [1.165, 1.54) is 12.7 Å². The van der Waals surface area contributed by atoms with Crippen LogP contribution in [-0.2, 0) is 20.7 Å². The first-order valence-electron chi connectivity index (χ1n) is 9.71. The predicted octanol–water partition coefficient (Wildman–Crippen LogP) is 1.97. The summed E-state index contributed by atoms with van der Waals surface area (Å²) < 4.78 is 10.2. The zero-order valence-corrected chi connectivity index (χ0v) is 16.6. The Labute approximate surface area is 161 Å². The average Bonchev–Trinajstić information content (AvgIpc) is 3.16. The van der Waals surface area contributed by atoms with Crippen molar-refractivity contribution >= 4 is 11.9 Å². The lowest BCUT2D eigenvalue weighted by Crippen LogP contribution is -2.58. The van der Waals surface area contributed by atoms with E-state index in [2.05, 4.69) is 4.90 Å². The van der Waals surface area contributed by atoms with Crippen molar-refractivity contribution in [2.45, 2.75) is 32.2 Å². The quantitative estimate of drug-likeness (QED) is 0.738. The van der Waals surface area contributed by atoms with Gasteiger partial charge in [0, 0.05) is 26.2 Å². The maximum absolute atomic E-state index is 13.1. The topological polar surface area (TPSA) is 59.1 Å². The molecule has 0 N–H and O–H groups in total. The Hall–Kier alpha value is -1.92. The Balaban J connectivity index is 1.56. The van der Waals surface area contributed by atoms with Gasteiger partial charge in [-0.2, -0.15) is 0 Å². The summed E-state index contributed by atoms with van der Waals surface area (Å²) in [5.74, 6) is 0.357. The molecule has 0 spiro atoms. The molecule has 1 aromatic rings. The van der Waals surface area contributed by atoms with Crippen LogP contribution in [-0.4, -0.2) is 73.7 Å². The van der Waals surface area contributed by atoms with Gasteiger partial charge in [-0.1, -0.05) is 12.1 Å². The van der Waals surface area contributed by atoms with E-state index in [1.54, 1.807) is 12.1 Å². The fraction of sp³-hybridized carbons (Fsp3) is 0.619. The van der Waals surface area contributed by atoms with Crippen molar-refractivity contribution < 1.29 is 19.1 Å². The van der Waals surface area contributed by atoms with Gasteiger partial charge < -0.3 is 14.4 Å². The average molecular weight is 374 g/mol. The van der Waals surface area contributed by atoms with E-state index in [0.717, 1.165) is 39.0 Å². The number of hydrogen-bond acceptors (Lipinski definition) is 5. The molecule has 0 saturated carbocycles. The molecule has 1 unspecified atom stereocenters. The Morgan fingerprint density at radius 3 is 2.44 bits per heavy atom. The van der Waals surface area contributed by atoms with E-state index in [9.17, 15) is 9.59 Å². The molecule has 2 aliphatic rings. The summed E-state index contributed by atoms with van der Waals surface area (Å²) in [5, 5.41) is 0. The number of amides is 1. The lowest BCUT2D eigenvalue weighted by molar-refractivity contribution is -0.144. The normalized spacial score (nSPS) is 21.3. The standard InChI is InChI=1S/C21H30N2O4/c1-21(2,23-10-12-27-13-11-23)20(25)22-9-8-17(15-22)14-16-4-6-18(7-5-16)19(24)26-3/h4-7,17H,8-15H2,1-3H3. The van der Waals surface area contributed by atoms with E-state index >= 15 is 0 Å². The zero-order valence-electron chi connectivity index (χ0n) is 16.6. The Kier molecular flexibility index (Phi) is 6.17. The van der Waals surface area contributed by atoms with Crippen LogP contribution in [0.3, 0.4) is 0 Å². The van der Waals surface area contributed by atoms with Gasteiger partial charge >= 0.3 is 5.97 Å². The van der Waals surface area contributed by atoms with Gasteiger partial charge in [0.15, 0.2) is 0 Å². The minimum Gasteiger partial charge on any atom is -0.465 e. The smallest absolute Gasteiger partial charge is 0.337 e. The highest BCUT2D eigenvalue weighted by atomic mass is 16.5. The lowest BCUT2D eigenvalue weighted by Gasteiger charge is -2.41. The molecule has 1 atom stereocenters. The maximum Gasteiger partial charge on any atom is 0.337 e. The number of ether oxygens (including phenoxy) is 2. The number of carbonyl (C=O) groups is 2. The third-order valence-corrected chi connectivity index (χ3v) is 5.80. The fourth-order valence-electron chi connectivity index (χ4n) is 4.06. The SMILES string of the molecule is COC(=O)c1ccc(CC2CCN(C(=O)C(C)(C)N3CCOCC3)C2)cc1. The Bertz CT molecular complexity index is 665. The van der Waals surface area contributed by atoms with Gasteiger partial charge in [-0.3, -0.25) is 9.69 Å². The molecule has 1 aromatic carbocycles. The fourth-order valence-corrected chi connectivity index (χ4v) is 4.06. The number of nitrogens with zero attached hydrogens (tertiary/aromatic N) is 2. The highest BCUT2D eigenvalue weighted by molar-refractivity contribution is 5.89. The summed E-state index contributed by atoms with van der Waals surface area (Å²) >= 11 is 0. The van der Waals surface area contributed by atoms with Gasteiger partial charge in [0.2, 0.25) is 5.91 Å². The molecule has 2 aliphatic heterocycles. The molecule has 2 fully saturated rings. The molecule has 0 aromatic heterocycles. The number of esters is 1. The van der Waals surface area contributed by atoms with Crippen molar-refractivity contribution in [2.75, 3.05) is 46.5 Å². The number of methoxy groups -OCH3 is 1. The molecule has 27 heavy (non-hydrogen) atoms. The molecular weight excluding hydrogens is 344 g/mol. The van der Waals surface area contributed by atoms with E-state index in [0.29, 0.717) is 24.7 Å². The first-order chi connectivity index (χ1) is 12.9. The molecule has 1 amide bonds. The van der Waals surface area contributed by atoms with Gasteiger partial charge in [-0.25, -0.2) is 4.79 Å². The molecule has 3 rings (SSSR count). The summed E-state index contributed by atoms with van der Waals surface area (Å²) in [7, 11) is 1.39. The molecule has 0 bridgehead atoms. The lowest BCUT2D eigenvalue weighted by atomic mass is 9.97. The summed E-state index contributed by atoms with van der Waals surface area (Å²) in [5.41, 5.74) is 1.27. The largest absolute Gasteiger partial charge is 0.465 e. The monoisotopic (exact) mass is 374 g/mol. The second-order valence-electron chi connectivity index (χ2n) is 7.96. The van der Waals surface area contributed by atoms with Gasteiger partial charge in [-0.05, 0) is 50.3 Å². The summed E-state index contributed by atoms with van der Waals surface area (Å²) in [6.07, 6.45) is 1.94. The highest BCUT2D eigenvalue weighted by Crippen LogP contribution is 2.26. The predicted molar refractivity (Wildman–Crippen MR) is 103 cm³/mol. The van der Waals surface area contributed by atoms with Crippen LogP contribution in [0.25, 0.3) is 0 Å². The van der Waals surface area contributed by atoms with E-state index in [1.807, 2.05) is 30.9 Å². The van der Waals surface area contributed by atoms with E-state index in [-0.39, 0.29) is 11.9 Å². The van der Waals surface area contributed by atoms with E-state index in [4.69, 9.17) is 9.47 Å². The molecule has 0 aliphatic carbocycles. The molecule has 2 saturated heterocycles. The minimum absolute atomic E-state index is 0.216. The second-order valence-corrected chi connectivity index (χ2v) is 7.96. The number of morpholine rings is 1. The van der Waals surface area contributed by atoms with Crippen LogP contribution in [0.1, 0.15) is 36.2 Å². The highest BCUT2D eigenvalue weighted by Gasteiger charge is 2.40. The minimum atomic E-state index is -0.485. The summed E-state index contributed by atoms with van der Waals surface area (Å²) in [6, 6.07) is 7.57. The second kappa shape index (κ2) is 8.40. The zero-order chi connectivity index (χ0) is 19.4. The maximum atomic E-state index is 13.1. The third-order valence-electron chi connectivity index (χ3n) is 5.80. The van der Waals surface area contributed by atoms with Crippen molar-refractivity contribution in [3.63, 3.8) is 0 Å². The molecule has 6 nitrogen and oxygen atoms in total. The van der Waals surface area contributed by atoms with Crippen LogP contribution in [0, 0.1) is 5.92 Å². The van der Waals surface area contributed by atoms with Crippen LogP contribution in [0.2, 0.25) is 0 Å². The van der Waals surface area contributed by atoms with Crippen LogP contribution >= 0.6 is 0 Å². The van der Waals surface area contributed by atoms with Crippen molar-refractivity contribution in [3.05, 3.63) is 35.4 Å². The van der Waals surface area contributed by atoms with Crippen LogP contribution < -0.4 is 0 Å². The summed E-state index contributed by atoms with van der Waals surface area (Å²) in [6.45, 7) is 8.68. The Morgan fingerprint density at radius 2 is 1.81 bits per heavy atom. The van der Waals surface area contributed by atoms with Crippen LogP contribution in [0.5, 0.6) is 0 Å². The van der Waals surface area contributed by atoms with Crippen molar-refractivity contribution in [1.29, 1.82) is 0 Å². The number of hydrogen-bond donors (Lipinski definition) is 0. The van der Waals surface area contributed by atoms with Crippen molar-refractivity contribution in [2.24, 2.45) is 5.92 Å². The van der Waals surface area contributed by atoms with Gasteiger partial charge in [0.25, 0.3) is 0 Å². The van der Waals surface area contributed by atoms with Crippen LogP contribution in [0.15, 0.2) is 24.3 Å². The van der Waals surface area contributed by atoms with Crippen molar-refractivity contribution in [1.82, 2.24) is 9.80 Å². The number of likely N-dealkylation sites (tertiary alicyclic amines) is 1. The van der Waals surface area contributed by atoms with E-state index < -0.39 is 5.54 Å². The van der Waals surface area contributed by atoms with Gasteiger partial charge in [-0.15, -0.1) is 0 Å². The van der Waals surface area contributed by atoms with Crippen molar-refractivity contribution in [3.8, 4) is 0 Å².